The zero-order valence-electron chi connectivity index (χ0n) is 11.1. The lowest BCUT2D eigenvalue weighted by molar-refractivity contribution is -0.113. The normalized spacial score (nSPS) is 24.2. The fourth-order valence-electron chi connectivity index (χ4n) is 2.31. The van der Waals surface area contributed by atoms with Crippen molar-refractivity contribution in [3.05, 3.63) is 53.6 Å². The summed E-state index contributed by atoms with van der Waals surface area (Å²) in [6.07, 6.45) is 8.58. The number of ketones is 1. The highest BCUT2D eigenvalue weighted by Gasteiger charge is 2.36. The molecule has 1 N–H and O–H groups in total. The zero-order chi connectivity index (χ0) is 14.8. The van der Waals surface area contributed by atoms with Gasteiger partial charge in [0.25, 0.3) is 0 Å². The number of fused-ring (bicyclic) bond motifs is 1. The largest absolute Gasteiger partial charge is 0.478 e. The molecule has 1 aromatic rings. The van der Waals surface area contributed by atoms with Gasteiger partial charge < -0.3 is 5.11 Å². The maximum absolute atomic E-state index is 12.2. The fourth-order valence-corrected chi connectivity index (χ4v) is 3.57. The molecular weight excluding hydrogens is 286 g/mol. The molecular formula is C16H13NO3S. The van der Waals surface area contributed by atoms with E-state index in [0.717, 1.165) is 12.0 Å². The predicted molar refractivity (Wildman–Crippen MR) is 83.6 cm³/mol. The van der Waals surface area contributed by atoms with Gasteiger partial charge in [-0.3, -0.25) is 9.79 Å². The van der Waals surface area contributed by atoms with E-state index in [1.807, 2.05) is 6.08 Å². The molecule has 2 unspecified atom stereocenters. The first-order valence-corrected chi connectivity index (χ1v) is 7.53. The van der Waals surface area contributed by atoms with E-state index >= 15 is 0 Å². The lowest BCUT2D eigenvalue weighted by Crippen LogP contribution is -2.14. The van der Waals surface area contributed by atoms with Crippen LogP contribution in [0.2, 0.25) is 0 Å². The standard InChI is InChI=1S/C16H13NO3S/c18-15-12-3-1-2-4-13(12)21-14(15)9-17-11-7-5-10(6-8-11)16(19)20/h2-9,13-14H,1H2,(H,19,20). The summed E-state index contributed by atoms with van der Waals surface area (Å²) in [4.78, 5) is 27.3. The van der Waals surface area contributed by atoms with E-state index in [0.29, 0.717) is 5.69 Å². The molecule has 1 fully saturated rings. The second-order valence-electron chi connectivity index (χ2n) is 4.80. The summed E-state index contributed by atoms with van der Waals surface area (Å²) < 4.78 is 0. The summed E-state index contributed by atoms with van der Waals surface area (Å²) in [6, 6.07) is 6.28. The Hall–Kier alpha value is -2.14. The monoisotopic (exact) mass is 299 g/mol. The number of hydrogen-bond donors (Lipinski definition) is 1. The minimum absolute atomic E-state index is 0.125. The Morgan fingerprint density at radius 1 is 1.33 bits per heavy atom. The number of carboxylic acids is 1. The average Bonchev–Trinajstić information content (AvgIpc) is 2.82. The summed E-state index contributed by atoms with van der Waals surface area (Å²) in [7, 11) is 0. The smallest absolute Gasteiger partial charge is 0.335 e. The molecule has 1 aromatic carbocycles. The molecule has 0 bridgehead atoms. The van der Waals surface area contributed by atoms with Crippen LogP contribution in [0.1, 0.15) is 16.8 Å². The number of hydrogen-bond acceptors (Lipinski definition) is 4. The average molecular weight is 299 g/mol. The van der Waals surface area contributed by atoms with Crippen molar-refractivity contribution in [2.45, 2.75) is 16.9 Å². The first kappa shape index (κ1) is 13.8. The third-order valence-electron chi connectivity index (χ3n) is 3.40. The number of aromatic carboxylic acids is 1. The maximum Gasteiger partial charge on any atom is 0.335 e. The number of allylic oxidation sites excluding steroid dienone is 2. The summed E-state index contributed by atoms with van der Waals surface area (Å²) >= 11 is 1.58. The van der Waals surface area contributed by atoms with Crippen LogP contribution in [0.15, 0.2) is 53.1 Å². The minimum Gasteiger partial charge on any atom is -0.478 e. The first-order chi connectivity index (χ1) is 10.1. The second-order valence-corrected chi connectivity index (χ2v) is 6.08. The van der Waals surface area contributed by atoms with E-state index in [4.69, 9.17) is 5.11 Å². The van der Waals surface area contributed by atoms with Crippen molar-refractivity contribution < 1.29 is 14.7 Å². The Morgan fingerprint density at radius 3 is 2.76 bits per heavy atom. The van der Waals surface area contributed by atoms with Crippen LogP contribution in [0.25, 0.3) is 0 Å². The number of Topliss-reactive ketones (excluding diaryl/α,β-unsaturated/α-hetero) is 1. The van der Waals surface area contributed by atoms with Crippen molar-refractivity contribution in [3.8, 4) is 0 Å². The quantitative estimate of drug-likeness (QED) is 0.688. The van der Waals surface area contributed by atoms with Crippen LogP contribution in [0.5, 0.6) is 0 Å². The van der Waals surface area contributed by atoms with Crippen molar-refractivity contribution in [2.75, 3.05) is 0 Å². The van der Waals surface area contributed by atoms with Gasteiger partial charge in [-0.2, -0.15) is 0 Å². The highest BCUT2D eigenvalue weighted by atomic mass is 32.2. The van der Waals surface area contributed by atoms with Crippen LogP contribution in [0, 0.1) is 0 Å². The molecule has 1 aliphatic carbocycles. The van der Waals surface area contributed by atoms with Gasteiger partial charge in [-0.15, -0.1) is 11.8 Å². The van der Waals surface area contributed by atoms with Crippen molar-refractivity contribution in [2.24, 2.45) is 4.99 Å². The third kappa shape index (κ3) is 2.83. The highest BCUT2D eigenvalue weighted by molar-refractivity contribution is 8.03. The molecule has 106 valence electrons. The number of carbonyl (C=O) groups excluding carboxylic acids is 1. The number of rotatable bonds is 3. The molecule has 2 atom stereocenters. The van der Waals surface area contributed by atoms with Crippen LogP contribution in [-0.2, 0) is 4.79 Å². The topological polar surface area (TPSA) is 66.7 Å². The molecule has 5 heteroatoms. The summed E-state index contributed by atoms with van der Waals surface area (Å²) in [5.74, 6) is -0.838. The van der Waals surface area contributed by atoms with Gasteiger partial charge in [0, 0.05) is 11.8 Å². The minimum atomic E-state index is -0.963. The third-order valence-corrected chi connectivity index (χ3v) is 4.73. The molecule has 1 aliphatic heterocycles. The molecule has 0 amide bonds. The van der Waals surface area contributed by atoms with Crippen LogP contribution in [-0.4, -0.2) is 33.6 Å². The SMILES string of the molecule is O=C(O)c1ccc(N=CC2SC3C=CCC=C3C2=O)cc1. The van der Waals surface area contributed by atoms with Gasteiger partial charge in [-0.1, -0.05) is 18.2 Å². The van der Waals surface area contributed by atoms with E-state index in [-0.39, 0.29) is 21.8 Å². The van der Waals surface area contributed by atoms with Crippen LogP contribution < -0.4 is 0 Å². The van der Waals surface area contributed by atoms with E-state index in [2.05, 4.69) is 17.1 Å². The number of thioether (sulfide) groups is 1. The summed E-state index contributed by atoms with van der Waals surface area (Å²) in [5, 5.41) is 8.72. The molecule has 0 radical (unpaired) electrons. The van der Waals surface area contributed by atoms with Gasteiger partial charge in [-0.25, -0.2) is 4.79 Å². The Kier molecular flexibility index (Phi) is 3.75. The number of benzene rings is 1. The first-order valence-electron chi connectivity index (χ1n) is 6.59. The fraction of sp³-hybridized carbons (Fsp3) is 0.188. The second kappa shape index (κ2) is 5.69. The van der Waals surface area contributed by atoms with Crippen LogP contribution >= 0.6 is 11.8 Å². The Balaban J connectivity index is 1.73. The van der Waals surface area contributed by atoms with Crippen molar-refractivity contribution in [3.63, 3.8) is 0 Å². The van der Waals surface area contributed by atoms with Crippen molar-refractivity contribution in [1.29, 1.82) is 0 Å². The zero-order valence-corrected chi connectivity index (χ0v) is 11.9. The maximum atomic E-state index is 12.2. The molecule has 21 heavy (non-hydrogen) atoms. The van der Waals surface area contributed by atoms with Crippen LogP contribution in [0.3, 0.4) is 0 Å². The van der Waals surface area contributed by atoms with E-state index in [1.165, 1.54) is 12.1 Å². The summed E-state index contributed by atoms with van der Waals surface area (Å²) in [5.41, 5.74) is 1.74. The summed E-state index contributed by atoms with van der Waals surface area (Å²) in [6.45, 7) is 0. The van der Waals surface area contributed by atoms with Crippen LogP contribution in [0.4, 0.5) is 5.69 Å². The molecule has 2 aliphatic rings. The lowest BCUT2D eigenvalue weighted by atomic mass is 10.0. The van der Waals surface area contributed by atoms with Crippen molar-refractivity contribution >= 4 is 35.4 Å². The highest BCUT2D eigenvalue weighted by Crippen LogP contribution is 2.37. The molecule has 0 saturated carbocycles. The Labute approximate surface area is 126 Å². The molecule has 0 spiro atoms. The molecule has 3 rings (SSSR count). The van der Waals surface area contributed by atoms with E-state index < -0.39 is 5.97 Å². The number of aliphatic imine (C=N–C) groups is 1. The Bertz CT molecular complexity index is 673. The Morgan fingerprint density at radius 2 is 2.10 bits per heavy atom. The van der Waals surface area contributed by atoms with Crippen molar-refractivity contribution in [1.82, 2.24) is 0 Å². The molecule has 4 nitrogen and oxygen atoms in total. The van der Waals surface area contributed by atoms with E-state index in [1.54, 1.807) is 30.1 Å². The van der Waals surface area contributed by atoms with Gasteiger partial charge in [-0.05, 0) is 30.7 Å². The van der Waals surface area contributed by atoms with Gasteiger partial charge in [0.1, 0.15) is 5.25 Å². The molecule has 1 saturated heterocycles. The number of carboxylic acid groups (broad SMARTS) is 1. The number of carbonyl (C=O) groups is 2. The van der Waals surface area contributed by atoms with Gasteiger partial charge >= 0.3 is 5.97 Å². The van der Waals surface area contributed by atoms with Gasteiger partial charge in [0.15, 0.2) is 5.78 Å². The van der Waals surface area contributed by atoms with E-state index in [9.17, 15) is 9.59 Å². The molecule has 0 aromatic heterocycles. The molecule has 1 heterocycles. The number of nitrogens with zero attached hydrogens (tertiary/aromatic N) is 1. The lowest BCUT2D eigenvalue weighted by Gasteiger charge is -2.06. The predicted octanol–water partition coefficient (Wildman–Crippen LogP) is 3.03. The van der Waals surface area contributed by atoms with Gasteiger partial charge in [0.05, 0.1) is 16.5 Å². The van der Waals surface area contributed by atoms with Gasteiger partial charge in [0.2, 0.25) is 0 Å².